The summed E-state index contributed by atoms with van der Waals surface area (Å²) in [6.45, 7) is 0.292. The van der Waals surface area contributed by atoms with Gasteiger partial charge in [-0.25, -0.2) is 9.36 Å². The predicted octanol–water partition coefficient (Wildman–Crippen LogP) is 3.05. The normalized spacial score (nSPS) is 10.8. The fourth-order valence-corrected chi connectivity index (χ4v) is 3.38. The van der Waals surface area contributed by atoms with E-state index in [4.69, 9.17) is 37.9 Å². The van der Waals surface area contributed by atoms with Gasteiger partial charge in [0, 0.05) is 17.7 Å². The first kappa shape index (κ1) is 22.7. The number of hydrogen-bond donors (Lipinski definition) is 0. The predicted molar refractivity (Wildman–Crippen MR) is 117 cm³/mol. The van der Waals surface area contributed by atoms with Crippen LogP contribution in [0.1, 0.15) is 5.56 Å². The third-order valence-corrected chi connectivity index (χ3v) is 5.13. The number of rotatable bonds is 8. The number of halogens is 2. The van der Waals surface area contributed by atoms with Crippen molar-refractivity contribution in [2.24, 2.45) is 0 Å². The van der Waals surface area contributed by atoms with Gasteiger partial charge in [0.05, 0.1) is 36.4 Å². The van der Waals surface area contributed by atoms with Gasteiger partial charge in [0.15, 0.2) is 0 Å². The summed E-state index contributed by atoms with van der Waals surface area (Å²) in [5.74, 6) is 0. The molecule has 0 aliphatic carbocycles. The van der Waals surface area contributed by atoms with E-state index in [0.717, 1.165) is 15.4 Å². The lowest BCUT2D eigenvalue weighted by Gasteiger charge is -2.16. The molecule has 0 saturated carbocycles. The first-order valence-corrected chi connectivity index (χ1v) is 9.94. The monoisotopic (exact) mass is 460 g/mol. The highest BCUT2D eigenvalue weighted by molar-refractivity contribution is 6.34. The van der Waals surface area contributed by atoms with Crippen LogP contribution < -0.4 is 11.2 Å². The summed E-state index contributed by atoms with van der Waals surface area (Å²) < 4.78 is 12.2. The van der Waals surface area contributed by atoms with Crippen molar-refractivity contribution in [3.63, 3.8) is 0 Å². The van der Waals surface area contributed by atoms with Crippen LogP contribution in [-0.2, 0) is 22.6 Å². The number of aromatic nitrogens is 3. The highest BCUT2D eigenvalue weighted by atomic mass is 35.5. The molecular formula is C21H18Cl2N4O4. The number of nitriles is 1. The van der Waals surface area contributed by atoms with E-state index in [0.29, 0.717) is 39.0 Å². The molecule has 3 aromatic rings. The minimum Gasteiger partial charge on any atom is -0.382 e. The lowest BCUT2D eigenvalue weighted by molar-refractivity contribution is 0.0300. The van der Waals surface area contributed by atoms with Crippen molar-refractivity contribution in [3.05, 3.63) is 79.0 Å². The summed E-state index contributed by atoms with van der Waals surface area (Å²) in [5.41, 5.74) is 0.827. The van der Waals surface area contributed by atoms with E-state index >= 15 is 0 Å². The molecule has 0 atom stereocenters. The molecule has 31 heavy (non-hydrogen) atoms. The van der Waals surface area contributed by atoms with Crippen molar-refractivity contribution in [1.82, 2.24) is 14.3 Å². The average Bonchev–Trinajstić information content (AvgIpc) is 2.76. The fourth-order valence-electron chi connectivity index (χ4n) is 2.92. The molecule has 8 nitrogen and oxygen atoms in total. The fraction of sp³-hybridized carbons (Fsp3) is 0.238. The summed E-state index contributed by atoms with van der Waals surface area (Å²) >= 11 is 12.6. The Labute approximate surface area is 187 Å². The largest absolute Gasteiger partial charge is 0.382 e. The van der Waals surface area contributed by atoms with Crippen molar-refractivity contribution in [2.75, 3.05) is 20.3 Å². The zero-order valence-electron chi connectivity index (χ0n) is 16.5. The number of nitrogens with zero attached hydrogens (tertiary/aromatic N) is 4. The average molecular weight is 461 g/mol. The van der Waals surface area contributed by atoms with Crippen molar-refractivity contribution < 1.29 is 9.47 Å². The maximum atomic E-state index is 13.0. The Kier molecular flexibility index (Phi) is 7.60. The Morgan fingerprint density at radius 2 is 1.84 bits per heavy atom. The molecule has 3 rings (SSSR count). The summed E-state index contributed by atoms with van der Waals surface area (Å²) in [6, 6.07) is 12.2. The smallest absolute Gasteiger partial charge is 0.354 e. The Bertz CT molecular complexity index is 1230. The van der Waals surface area contributed by atoms with E-state index in [1.165, 1.54) is 7.11 Å². The number of methoxy groups -OCH3 is 1. The quantitative estimate of drug-likeness (QED) is 0.479. The highest BCUT2D eigenvalue weighted by Crippen LogP contribution is 2.36. The molecule has 0 unspecified atom stereocenters. The van der Waals surface area contributed by atoms with Gasteiger partial charge in [0.2, 0.25) is 0 Å². The molecule has 1 heterocycles. The summed E-state index contributed by atoms with van der Waals surface area (Å²) in [5, 5.41) is 14.0. The lowest BCUT2D eigenvalue weighted by atomic mass is 9.99. The standard InChI is InChI=1S/C21H18Cl2N4O4/c1-30-10-11-31-13-26-18(28)12-25-27(21(26)29)17-7-4-15(8-9-24)20(23)19(17)14-2-5-16(22)6-3-14/h2-7,12H,8,10-11,13H2,1H3. The number of ether oxygens (including phenoxy) is 2. The molecule has 0 spiro atoms. The zero-order valence-corrected chi connectivity index (χ0v) is 18.1. The first-order valence-electron chi connectivity index (χ1n) is 9.18. The van der Waals surface area contributed by atoms with Gasteiger partial charge in [-0.15, -0.1) is 0 Å². The first-order chi connectivity index (χ1) is 15.0. The van der Waals surface area contributed by atoms with Gasteiger partial charge >= 0.3 is 5.69 Å². The molecule has 1 aromatic heterocycles. The van der Waals surface area contributed by atoms with Crippen LogP contribution in [0, 0.1) is 11.3 Å². The van der Waals surface area contributed by atoms with Crippen LogP contribution in [-0.4, -0.2) is 34.7 Å². The highest BCUT2D eigenvalue weighted by Gasteiger charge is 2.18. The third-order valence-electron chi connectivity index (χ3n) is 4.44. The van der Waals surface area contributed by atoms with Crippen LogP contribution in [0.3, 0.4) is 0 Å². The molecular weight excluding hydrogens is 443 g/mol. The van der Waals surface area contributed by atoms with Crippen LogP contribution in [0.2, 0.25) is 10.0 Å². The third kappa shape index (κ3) is 5.03. The molecule has 160 valence electrons. The SMILES string of the molecule is COCCOCn1c(=O)cnn(-c2ccc(CC#N)c(Cl)c2-c2ccc(Cl)cc2)c1=O. The molecule has 0 aliphatic rings. The summed E-state index contributed by atoms with van der Waals surface area (Å²) in [4.78, 5) is 25.2. The summed E-state index contributed by atoms with van der Waals surface area (Å²) in [6.07, 6.45) is 1.12. The van der Waals surface area contributed by atoms with E-state index in [9.17, 15) is 9.59 Å². The van der Waals surface area contributed by atoms with Gasteiger partial charge in [0.1, 0.15) is 12.9 Å². The Morgan fingerprint density at radius 3 is 2.52 bits per heavy atom. The molecule has 0 saturated heterocycles. The van der Waals surface area contributed by atoms with Crippen LogP contribution in [0.4, 0.5) is 0 Å². The van der Waals surface area contributed by atoms with Crippen molar-refractivity contribution in [1.29, 1.82) is 5.26 Å². The number of hydrogen-bond acceptors (Lipinski definition) is 6. The molecule has 0 bridgehead atoms. The van der Waals surface area contributed by atoms with E-state index < -0.39 is 11.2 Å². The van der Waals surface area contributed by atoms with Crippen LogP contribution in [0.25, 0.3) is 16.8 Å². The maximum Gasteiger partial charge on any atom is 0.354 e. The molecule has 0 radical (unpaired) electrons. The van der Waals surface area contributed by atoms with Gasteiger partial charge < -0.3 is 9.47 Å². The van der Waals surface area contributed by atoms with Crippen molar-refractivity contribution >= 4 is 23.2 Å². The van der Waals surface area contributed by atoms with Crippen LogP contribution in [0.15, 0.2) is 52.2 Å². The molecule has 0 fully saturated rings. The molecule has 0 N–H and O–H groups in total. The molecule has 0 aliphatic heterocycles. The van der Waals surface area contributed by atoms with Crippen LogP contribution in [0.5, 0.6) is 0 Å². The van der Waals surface area contributed by atoms with Gasteiger partial charge in [-0.05, 0) is 29.3 Å². The second-order valence-electron chi connectivity index (χ2n) is 6.41. The molecule has 0 amide bonds. The Morgan fingerprint density at radius 1 is 1.10 bits per heavy atom. The molecule has 2 aromatic carbocycles. The molecule has 10 heteroatoms. The van der Waals surface area contributed by atoms with E-state index in [1.807, 2.05) is 0 Å². The Hall–Kier alpha value is -2.96. The van der Waals surface area contributed by atoms with Crippen LogP contribution >= 0.6 is 23.2 Å². The van der Waals surface area contributed by atoms with E-state index in [1.54, 1.807) is 36.4 Å². The van der Waals surface area contributed by atoms with Crippen molar-refractivity contribution in [3.8, 4) is 22.9 Å². The lowest BCUT2D eigenvalue weighted by Crippen LogP contribution is -2.41. The van der Waals surface area contributed by atoms with Gasteiger partial charge in [-0.3, -0.25) is 4.79 Å². The van der Waals surface area contributed by atoms with Gasteiger partial charge in [0.25, 0.3) is 5.56 Å². The summed E-state index contributed by atoms with van der Waals surface area (Å²) in [7, 11) is 1.52. The zero-order chi connectivity index (χ0) is 22.4. The second-order valence-corrected chi connectivity index (χ2v) is 7.22. The minimum atomic E-state index is -0.691. The van der Waals surface area contributed by atoms with Gasteiger partial charge in [-0.1, -0.05) is 41.4 Å². The number of benzene rings is 2. The van der Waals surface area contributed by atoms with E-state index in [-0.39, 0.29) is 19.8 Å². The van der Waals surface area contributed by atoms with E-state index in [2.05, 4.69) is 11.2 Å². The topological polar surface area (TPSA) is 99.1 Å². The Balaban J connectivity index is 2.18. The minimum absolute atomic E-state index is 0.0921. The maximum absolute atomic E-state index is 13.0. The van der Waals surface area contributed by atoms with Crippen molar-refractivity contribution in [2.45, 2.75) is 13.2 Å². The second kappa shape index (κ2) is 10.4. The van der Waals surface area contributed by atoms with Gasteiger partial charge in [-0.2, -0.15) is 15.0 Å².